The van der Waals surface area contributed by atoms with Gasteiger partial charge in [-0.15, -0.1) is 0 Å². The van der Waals surface area contributed by atoms with E-state index in [9.17, 15) is 0 Å². The molecule has 0 spiro atoms. The maximum Gasteiger partial charge on any atom is -0.0266 e. The minimum Gasteiger partial charge on any atom is -0.0654 e. The minimum absolute atomic E-state index is 0.737. The van der Waals surface area contributed by atoms with Crippen LogP contribution in [-0.4, -0.2) is 0 Å². The van der Waals surface area contributed by atoms with Crippen molar-refractivity contribution in [2.75, 3.05) is 0 Å². The quantitative estimate of drug-likeness (QED) is 0.561. The normalized spacial score (nSPS) is 32.5. The van der Waals surface area contributed by atoms with Crippen LogP contribution in [0.5, 0.6) is 0 Å². The van der Waals surface area contributed by atoms with E-state index in [2.05, 4.69) is 27.7 Å². The SMILES string of the molecule is CCCC(CCC)C1(C)CC1CC. The molecule has 0 nitrogen and oxygen atoms in total. The van der Waals surface area contributed by atoms with Crippen molar-refractivity contribution < 1.29 is 0 Å². The van der Waals surface area contributed by atoms with Crippen LogP contribution in [0.4, 0.5) is 0 Å². The molecule has 0 heterocycles. The van der Waals surface area contributed by atoms with Gasteiger partial charge in [0.2, 0.25) is 0 Å². The lowest BCUT2D eigenvalue weighted by molar-refractivity contribution is 0.263. The van der Waals surface area contributed by atoms with Crippen LogP contribution >= 0.6 is 0 Å². The molecule has 0 saturated heterocycles. The molecule has 1 saturated carbocycles. The Hall–Kier alpha value is 0. The third kappa shape index (κ3) is 2.27. The molecule has 0 aromatic carbocycles. The van der Waals surface area contributed by atoms with Crippen LogP contribution in [-0.2, 0) is 0 Å². The molecule has 0 heteroatoms. The fourth-order valence-electron chi connectivity index (χ4n) is 3.08. The Morgan fingerprint density at radius 3 is 2.00 bits per heavy atom. The summed E-state index contributed by atoms with van der Waals surface area (Å²) in [4.78, 5) is 0. The van der Waals surface area contributed by atoms with Gasteiger partial charge in [-0.2, -0.15) is 0 Å². The second-order valence-corrected chi connectivity index (χ2v) is 5.09. The van der Waals surface area contributed by atoms with Gasteiger partial charge in [-0.05, 0) is 23.7 Å². The Bertz CT molecular complexity index is 144. The van der Waals surface area contributed by atoms with E-state index >= 15 is 0 Å². The Balaban J connectivity index is 2.45. The second-order valence-electron chi connectivity index (χ2n) is 5.09. The van der Waals surface area contributed by atoms with Gasteiger partial charge in [-0.25, -0.2) is 0 Å². The summed E-state index contributed by atoms with van der Waals surface area (Å²) < 4.78 is 0. The van der Waals surface area contributed by atoms with Crippen LogP contribution < -0.4 is 0 Å². The van der Waals surface area contributed by atoms with E-state index in [1.54, 1.807) is 0 Å². The summed E-state index contributed by atoms with van der Waals surface area (Å²) in [5, 5.41) is 0. The molecule has 0 N–H and O–H groups in total. The zero-order chi connectivity index (χ0) is 9.90. The van der Waals surface area contributed by atoms with Crippen LogP contribution in [0.2, 0.25) is 0 Å². The zero-order valence-corrected chi connectivity index (χ0v) is 9.90. The molecule has 2 unspecified atom stereocenters. The Kier molecular flexibility index (Phi) is 3.82. The molecule has 1 aliphatic rings. The highest BCUT2D eigenvalue weighted by Gasteiger charge is 2.52. The molecule has 1 fully saturated rings. The molecular weight excluding hydrogens is 156 g/mol. The van der Waals surface area contributed by atoms with Gasteiger partial charge < -0.3 is 0 Å². The molecule has 1 rings (SSSR count). The first-order valence-corrected chi connectivity index (χ1v) is 6.19. The Morgan fingerprint density at radius 1 is 1.15 bits per heavy atom. The molecule has 78 valence electrons. The molecule has 0 aromatic rings. The van der Waals surface area contributed by atoms with Crippen molar-refractivity contribution in [3.63, 3.8) is 0 Å². The monoisotopic (exact) mass is 182 g/mol. The molecule has 0 aliphatic heterocycles. The van der Waals surface area contributed by atoms with Crippen LogP contribution in [0, 0.1) is 17.3 Å². The average molecular weight is 182 g/mol. The van der Waals surface area contributed by atoms with Gasteiger partial charge in [0.25, 0.3) is 0 Å². The van der Waals surface area contributed by atoms with E-state index in [1.807, 2.05) is 0 Å². The van der Waals surface area contributed by atoms with E-state index in [0.717, 1.165) is 17.3 Å². The van der Waals surface area contributed by atoms with Gasteiger partial charge in [0.05, 0.1) is 0 Å². The molecule has 0 radical (unpaired) electrons. The van der Waals surface area contributed by atoms with E-state index in [-0.39, 0.29) is 0 Å². The highest BCUT2D eigenvalue weighted by molar-refractivity contribution is 5.01. The van der Waals surface area contributed by atoms with Crippen LogP contribution in [0.1, 0.15) is 66.2 Å². The first-order valence-electron chi connectivity index (χ1n) is 6.19. The predicted molar refractivity (Wildman–Crippen MR) is 59.8 cm³/mol. The summed E-state index contributed by atoms with van der Waals surface area (Å²) in [6.45, 7) is 9.53. The number of rotatable bonds is 6. The van der Waals surface area contributed by atoms with Gasteiger partial charge in [0.1, 0.15) is 0 Å². The smallest absolute Gasteiger partial charge is 0.0266 e. The van der Waals surface area contributed by atoms with Gasteiger partial charge >= 0.3 is 0 Å². The van der Waals surface area contributed by atoms with Crippen molar-refractivity contribution in [3.05, 3.63) is 0 Å². The van der Waals surface area contributed by atoms with E-state index in [1.165, 1.54) is 38.5 Å². The average Bonchev–Trinajstić information content (AvgIpc) is 2.78. The topological polar surface area (TPSA) is 0 Å². The molecule has 1 aliphatic carbocycles. The van der Waals surface area contributed by atoms with Crippen LogP contribution in [0.3, 0.4) is 0 Å². The molecule has 2 atom stereocenters. The molecule has 0 bridgehead atoms. The van der Waals surface area contributed by atoms with Gasteiger partial charge in [-0.1, -0.05) is 59.8 Å². The van der Waals surface area contributed by atoms with Crippen molar-refractivity contribution >= 4 is 0 Å². The summed E-state index contributed by atoms with van der Waals surface area (Å²) in [5.41, 5.74) is 0.737. The Morgan fingerprint density at radius 2 is 1.69 bits per heavy atom. The standard InChI is InChI=1S/C13H26/c1-5-8-12(9-6-2)13(4)10-11(13)7-3/h11-12H,5-10H2,1-4H3. The molecular formula is C13H26. The van der Waals surface area contributed by atoms with Gasteiger partial charge in [0, 0.05) is 0 Å². The van der Waals surface area contributed by atoms with Crippen molar-refractivity contribution in [2.24, 2.45) is 17.3 Å². The van der Waals surface area contributed by atoms with Gasteiger partial charge in [0.15, 0.2) is 0 Å². The maximum atomic E-state index is 2.52. The minimum atomic E-state index is 0.737. The van der Waals surface area contributed by atoms with Crippen molar-refractivity contribution in [3.8, 4) is 0 Å². The fraction of sp³-hybridized carbons (Fsp3) is 1.00. The molecule has 0 amide bonds. The zero-order valence-electron chi connectivity index (χ0n) is 9.90. The summed E-state index contributed by atoms with van der Waals surface area (Å²) in [5.74, 6) is 2.07. The van der Waals surface area contributed by atoms with E-state index in [4.69, 9.17) is 0 Å². The largest absolute Gasteiger partial charge is 0.0654 e. The maximum absolute atomic E-state index is 2.52. The summed E-state index contributed by atoms with van der Waals surface area (Å²) >= 11 is 0. The summed E-state index contributed by atoms with van der Waals surface area (Å²) in [7, 11) is 0. The fourth-order valence-corrected chi connectivity index (χ4v) is 3.08. The van der Waals surface area contributed by atoms with Crippen LogP contribution in [0.15, 0.2) is 0 Å². The third-order valence-corrected chi connectivity index (χ3v) is 4.16. The van der Waals surface area contributed by atoms with Gasteiger partial charge in [-0.3, -0.25) is 0 Å². The number of hydrogen-bond acceptors (Lipinski definition) is 0. The summed E-state index contributed by atoms with van der Waals surface area (Å²) in [6, 6.07) is 0. The lowest BCUT2D eigenvalue weighted by atomic mass is 9.81. The summed E-state index contributed by atoms with van der Waals surface area (Å²) in [6.07, 6.45) is 8.57. The first kappa shape index (κ1) is 11.1. The second kappa shape index (κ2) is 4.48. The third-order valence-electron chi connectivity index (χ3n) is 4.16. The molecule has 13 heavy (non-hydrogen) atoms. The highest BCUT2D eigenvalue weighted by Crippen LogP contribution is 2.61. The molecule has 0 aromatic heterocycles. The van der Waals surface area contributed by atoms with E-state index < -0.39 is 0 Å². The number of hydrogen-bond donors (Lipinski definition) is 0. The first-order chi connectivity index (χ1) is 6.19. The van der Waals surface area contributed by atoms with E-state index in [0.29, 0.717) is 0 Å². The highest BCUT2D eigenvalue weighted by atomic mass is 14.6. The Labute approximate surface area is 84.1 Å². The van der Waals surface area contributed by atoms with Crippen LogP contribution in [0.25, 0.3) is 0 Å². The van der Waals surface area contributed by atoms with Crippen molar-refractivity contribution in [1.82, 2.24) is 0 Å². The lowest BCUT2D eigenvalue weighted by Gasteiger charge is -2.24. The lowest BCUT2D eigenvalue weighted by Crippen LogP contribution is -2.14. The van der Waals surface area contributed by atoms with Crippen molar-refractivity contribution in [2.45, 2.75) is 66.2 Å². The predicted octanol–water partition coefficient (Wildman–Crippen LogP) is 4.64. The van der Waals surface area contributed by atoms with Crippen molar-refractivity contribution in [1.29, 1.82) is 0 Å².